The van der Waals surface area contributed by atoms with E-state index in [1.807, 2.05) is 57.2 Å². The zero-order valence-corrected chi connectivity index (χ0v) is 15.4. The fourth-order valence-corrected chi connectivity index (χ4v) is 3.22. The van der Waals surface area contributed by atoms with E-state index in [1.165, 1.54) is 11.3 Å². The third-order valence-electron chi connectivity index (χ3n) is 3.57. The lowest BCUT2D eigenvalue weighted by molar-refractivity contribution is -0.120. The number of nitrogens with zero attached hydrogens (tertiary/aromatic N) is 2. The van der Waals surface area contributed by atoms with Gasteiger partial charge in [0.25, 0.3) is 0 Å². The second kappa shape index (κ2) is 9.11. The Hall–Kier alpha value is -2.49. The summed E-state index contributed by atoms with van der Waals surface area (Å²) in [6.07, 6.45) is 7.85. The van der Waals surface area contributed by atoms with Crippen LogP contribution in [0.4, 0.5) is 0 Å². The normalized spacial score (nSPS) is 14.0. The van der Waals surface area contributed by atoms with Crippen LogP contribution in [0.2, 0.25) is 0 Å². The summed E-state index contributed by atoms with van der Waals surface area (Å²) in [6.45, 7) is 6.11. The molecule has 0 aliphatic carbocycles. The highest BCUT2D eigenvalue weighted by molar-refractivity contribution is 7.18. The molecule has 2 unspecified atom stereocenters. The van der Waals surface area contributed by atoms with E-state index in [0.717, 1.165) is 15.2 Å². The summed E-state index contributed by atoms with van der Waals surface area (Å²) in [4.78, 5) is 16.6. The molecule has 1 heterocycles. The molecular weight excluding hydrogens is 332 g/mol. The first-order valence-electron chi connectivity index (χ1n) is 8.16. The summed E-state index contributed by atoms with van der Waals surface area (Å²) >= 11 is 1.50. The van der Waals surface area contributed by atoms with Crippen molar-refractivity contribution in [3.63, 3.8) is 0 Å². The van der Waals surface area contributed by atoms with Crippen LogP contribution in [0.15, 0.2) is 42.5 Å². The Labute approximate surface area is 152 Å². The molecule has 1 aromatic carbocycles. The van der Waals surface area contributed by atoms with Crippen molar-refractivity contribution in [3.05, 3.63) is 53.1 Å². The van der Waals surface area contributed by atoms with Gasteiger partial charge < -0.3 is 10.6 Å². The van der Waals surface area contributed by atoms with Gasteiger partial charge in [0.1, 0.15) is 5.01 Å². The molecule has 1 aromatic heterocycles. The standard InChI is InChI=1S/C19H22N4OS/c1-4-5-6-7-13(2)21-12-18(24)22-14(3)19-23-16-9-8-15(11-20)10-17(16)25-19/h4-10,13-14,21H,12H2,1-3H3,(H,22,24)/b5-4-,7-6-. The Morgan fingerprint density at radius 2 is 2.20 bits per heavy atom. The minimum atomic E-state index is -0.175. The number of carbonyl (C=O) groups is 1. The largest absolute Gasteiger partial charge is 0.346 e. The topological polar surface area (TPSA) is 77.8 Å². The van der Waals surface area contributed by atoms with Crippen LogP contribution in [0, 0.1) is 11.3 Å². The maximum Gasteiger partial charge on any atom is 0.234 e. The van der Waals surface area contributed by atoms with E-state index in [0.29, 0.717) is 5.56 Å². The zero-order chi connectivity index (χ0) is 18.2. The highest BCUT2D eigenvalue weighted by Gasteiger charge is 2.14. The van der Waals surface area contributed by atoms with Crippen molar-refractivity contribution in [2.24, 2.45) is 0 Å². The molecule has 130 valence electrons. The van der Waals surface area contributed by atoms with Crippen molar-refractivity contribution >= 4 is 27.5 Å². The smallest absolute Gasteiger partial charge is 0.234 e. The van der Waals surface area contributed by atoms with Crippen molar-refractivity contribution in [2.75, 3.05) is 6.54 Å². The van der Waals surface area contributed by atoms with Gasteiger partial charge in [-0.25, -0.2) is 4.98 Å². The van der Waals surface area contributed by atoms with Gasteiger partial charge in [-0.2, -0.15) is 5.26 Å². The molecule has 5 nitrogen and oxygen atoms in total. The molecule has 0 fully saturated rings. The maximum absolute atomic E-state index is 12.1. The lowest BCUT2D eigenvalue weighted by Gasteiger charge is -2.13. The highest BCUT2D eigenvalue weighted by atomic mass is 32.1. The summed E-state index contributed by atoms with van der Waals surface area (Å²) in [7, 11) is 0. The summed E-state index contributed by atoms with van der Waals surface area (Å²) in [5.74, 6) is -0.0734. The first-order valence-corrected chi connectivity index (χ1v) is 8.98. The molecule has 2 atom stereocenters. The fraction of sp³-hybridized carbons (Fsp3) is 0.316. The minimum absolute atomic E-state index is 0.0734. The quantitative estimate of drug-likeness (QED) is 0.747. The van der Waals surface area contributed by atoms with Crippen LogP contribution < -0.4 is 10.6 Å². The van der Waals surface area contributed by atoms with Gasteiger partial charge >= 0.3 is 0 Å². The lowest BCUT2D eigenvalue weighted by Crippen LogP contribution is -2.38. The third kappa shape index (κ3) is 5.52. The number of benzene rings is 1. The Morgan fingerprint density at radius 3 is 2.92 bits per heavy atom. The van der Waals surface area contributed by atoms with E-state index in [4.69, 9.17) is 5.26 Å². The number of fused-ring (bicyclic) bond motifs is 1. The van der Waals surface area contributed by atoms with Crippen LogP contribution in [0.25, 0.3) is 10.2 Å². The number of aromatic nitrogens is 1. The van der Waals surface area contributed by atoms with Crippen molar-refractivity contribution < 1.29 is 4.79 Å². The third-order valence-corrected chi connectivity index (χ3v) is 4.77. The highest BCUT2D eigenvalue weighted by Crippen LogP contribution is 2.27. The molecule has 6 heteroatoms. The monoisotopic (exact) mass is 354 g/mol. The molecule has 2 aromatic rings. The first-order chi connectivity index (χ1) is 12.0. The summed E-state index contributed by atoms with van der Waals surface area (Å²) in [5.41, 5.74) is 1.46. The molecule has 0 aliphatic heterocycles. The Balaban J connectivity index is 1.91. The molecule has 0 spiro atoms. The summed E-state index contributed by atoms with van der Waals surface area (Å²) in [6, 6.07) is 7.48. The average Bonchev–Trinajstić information content (AvgIpc) is 3.03. The number of allylic oxidation sites excluding steroid dienone is 3. The van der Waals surface area contributed by atoms with Crippen LogP contribution in [-0.4, -0.2) is 23.5 Å². The summed E-state index contributed by atoms with van der Waals surface area (Å²) in [5, 5.41) is 15.9. The van der Waals surface area contributed by atoms with E-state index >= 15 is 0 Å². The van der Waals surface area contributed by atoms with Gasteiger partial charge in [-0.15, -0.1) is 11.3 Å². The molecule has 2 rings (SSSR count). The second-order valence-electron chi connectivity index (χ2n) is 5.72. The van der Waals surface area contributed by atoms with Crippen LogP contribution in [-0.2, 0) is 4.79 Å². The molecule has 1 amide bonds. The minimum Gasteiger partial charge on any atom is -0.346 e. The number of hydrogen-bond acceptors (Lipinski definition) is 5. The van der Waals surface area contributed by atoms with Gasteiger partial charge in [-0.1, -0.05) is 24.3 Å². The molecule has 0 saturated heterocycles. The van der Waals surface area contributed by atoms with Gasteiger partial charge in [0, 0.05) is 6.04 Å². The van der Waals surface area contributed by atoms with Gasteiger partial charge in [-0.3, -0.25) is 4.79 Å². The fourth-order valence-electron chi connectivity index (χ4n) is 2.22. The Kier molecular flexibility index (Phi) is 6.87. The first kappa shape index (κ1) is 18.8. The molecule has 0 radical (unpaired) electrons. The van der Waals surface area contributed by atoms with Gasteiger partial charge in [0.2, 0.25) is 5.91 Å². The molecule has 25 heavy (non-hydrogen) atoms. The number of hydrogen-bond donors (Lipinski definition) is 2. The SMILES string of the molecule is C/C=C\C=C/C(C)NCC(=O)NC(C)c1nc2ccc(C#N)cc2s1. The number of carbonyl (C=O) groups excluding carboxylic acids is 1. The van der Waals surface area contributed by atoms with E-state index in [9.17, 15) is 4.79 Å². The van der Waals surface area contributed by atoms with Gasteiger partial charge in [0.15, 0.2) is 0 Å². The van der Waals surface area contributed by atoms with E-state index in [1.54, 1.807) is 6.07 Å². The van der Waals surface area contributed by atoms with Crippen molar-refractivity contribution in [1.82, 2.24) is 15.6 Å². The number of thiazole rings is 1. The molecule has 0 saturated carbocycles. The second-order valence-corrected chi connectivity index (χ2v) is 6.78. The Morgan fingerprint density at radius 1 is 1.40 bits per heavy atom. The molecule has 0 aliphatic rings. The molecule has 2 N–H and O–H groups in total. The Bertz CT molecular complexity index is 832. The molecular formula is C19H22N4OS. The van der Waals surface area contributed by atoms with Gasteiger partial charge in [-0.05, 0) is 39.0 Å². The van der Waals surface area contributed by atoms with Crippen molar-refractivity contribution in [3.8, 4) is 6.07 Å². The number of amides is 1. The van der Waals surface area contributed by atoms with E-state index in [2.05, 4.69) is 21.7 Å². The van der Waals surface area contributed by atoms with E-state index < -0.39 is 0 Å². The maximum atomic E-state index is 12.1. The van der Waals surface area contributed by atoms with E-state index in [-0.39, 0.29) is 24.5 Å². The predicted octanol–water partition coefficient (Wildman–Crippen LogP) is 3.46. The van der Waals surface area contributed by atoms with Crippen molar-refractivity contribution in [1.29, 1.82) is 5.26 Å². The van der Waals surface area contributed by atoms with Crippen LogP contribution in [0.1, 0.15) is 37.4 Å². The van der Waals surface area contributed by atoms with Gasteiger partial charge in [0.05, 0.1) is 34.4 Å². The van der Waals surface area contributed by atoms with Crippen molar-refractivity contribution in [2.45, 2.75) is 32.9 Å². The predicted molar refractivity (Wildman–Crippen MR) is 102 cm³/mol. The average molecular weight is 354 g/mol. The van der Waals surface area contributed by atoms with Crippen LogP contribution >= 0.6 is 11.3 Å². The zero-order valence-electron chi connectivity index (χ0n) is 14.6. The lowest BCUT2D eigenvalue weighted by atomic mass is 10.2. The number of nitrogens with one attached hydrogen (secondary N) is 2. The molecule has 0 bridgehead atoms. The summed E-state index contributed by atoms with van der Waals surface area (Å²) < 4.78 is 0.955. The van der Waals surface area contributed by atoms with Crippen LogP contribution in [0.5, 0.6) is 0 Å². The number of nitriles is 1. The number of rotatable bonds is 7. The van der Waals surface area contributed by atoms with Crippen LogP contribution in [0.3, 0.4) is 0 Å².